The Kier molecular flexibility index (Phi) is 7.78. The van der Waals surface area contributed by atoms with Gasteiger partial charge in [0.15, 0.2) is 0 Å². The lowest BCUT2D eigenvalue weighted by molar-refractivity contribution is -0.118. The molecule has 0 aliphatic carbocycles. The van der Waals surface area contributed by atoms with Crippen LogP contribution in [0.2, 0.25) is 0 Å². The van der Waals surface area contributed by atoms with Crippen LogP contribution < -0.4 is 10.6 Å². The quantitative estimate of drug-likeness (QED) is 0.492. The summed E-state index contributed by atoms with van der Waals surface area (Å²) in [5, 5.41) is 6.44. The van der Waals surface area contributed by atoms with Gasteiger partial charge < -0.3 is 10.6 Å². The zero-order valence-corrected chi connectivity index (χ0v) is 18.2. The Labute approximate surface area is 185 Å². The van der Waals surface area contributed by atoms with E-state index in [2.05, 4.69) is 15.6 Å². The molecule has 1 atom stereocenters. The molecule has 1 aromatic heterocycles. The van der Waals surface area contributed by atoms with Gasteiger partial charge in [-0.25, -0.2) is 9.37 Å². The summed E-state index contributed by atoms with van der Waals surface area (Å²) in [4.78, 5) is 29.6. The van der Waals surface area contributed by atoms with Gasteiger partial charge in [-0.2, -0.15) is 0 Å². The van der Waals surface area contributed by atoms with E-state index in [1.54, 1.807) is 30.1 Å². The zero-order valence-electron chi connectivity index (χ0n) is 17.3. The number of hydrogen-bond donors (Lipinski definition) is 2. The van der Waals surface area contributed by atoms with Gasteiger partial charge in [0.05, 0.1) is 10.6 Å². The normalized spacial score (nSPS) is 11.7. The van der Waals surface area contributed by atoms with Crippen molar-refractivity contribution in [2.45, 2.75) is 30.7 Å². The summed E-state index contributed by atoms with van der Waals surface area (Å²) in [7, 11) is 0. The molecule has 3 rings (SSSR count). The minimum atomic E-state index is -0.807. The Bertz CT molecular complexity index is 1040. The minimum absolute atomic E-state index is 0.0884. The highest BCUT2D eigenvalue weighted by molar-refractivity contribution is 7.98. The minimum Gasteiger partial charge on any atom is -0.340 e. The van der Waals surface area contributed by atoms with Crippen molar-refractivity contribution < 1.29 is 14.0 Å². The molecule has 0 bridgehead atoms. The van der Waals surface area contributed by atoms with Crippen LogP contribution >= 0.6 is 11.8 Å². The van der Waals surface area contributed by atoms with Gasteiger partial charge in [-0.15, -0.1) is 11.8 Å². The van der Waals surface area contributed by atoms with Crippen LogP contribution in [-0.2, 0) is 10.5 Å². The molecule has 0 fully saturated rings. The summed E-state index contributed by atoms with van der Waals surface area (Å²) in [5.41, 5.74) is 1.58. The maximum absolute atomic E-state index is 13.9. The molecule has 0 aliphatic heterocycles. The summed E-state index contributed by atoms with van der Waals surface area (Å²) >= 11 is 1.60. The lowest BCUT2D eigenvalue weighted by Crippen LogP contribution is -2.47. The van der Waals surface area contributed by atoms with Crippen LogP contribution in [-0.4, -0.2) is 22.8 Å². The van der Waals surface area contributed by atoms with Crippen LogP contribution in [0.5, 0.6) is 0 Å². The van der Waals surface area contributed by atoms with E-state index in [9.17, 15) is 14.0 Å². The lowest BCUT2D eigenvalue weighted by atomic mass is 10.0. The van der Waals surface area contributed by atoms with Gasteiger partial charge >= 0.3 is 0 Å². The maximum Gasteiger partial charge on any atom is 0.254 e. The van der Waals surface area contributed by atoms with Crippen molar-refractivity contribution in [2.24, 2.45) is 5.92 Å². The molecule has 0 spiro atoms. The molecule has 3 aromatic rings. The molecule has 2 aromatic carbocycles. The fourth-order valence-electron chi connectivity index (χ4n) is 2.95. The number of anilines is 1. The van der Waals surface area contributed by atoms with E-state index in [-0.39, 0.29) is 17.4 Å². The van der Waals surface area contributed by atoms with Crippen LogP contribution in [0.1, 0.15) is 29.8 Å². The third kappa shape index (κ3) is 6.39. The van der Waals surface area contributed by atoms with Gasteiger partial charge in [0.25, 0.3) is 5.91 Å². The second kappa shape index (κ2) is 10.7. The fraction of sp³-hybridized carbons (Fsp3) is 0.208. The van der Waals surface area contributed by atoms with Crippen LogP contribution in [0.25, 0.3) is 0 Å². The van der Waals surface area contributed by atoms with Gasteiger partial charge in [0.1, 0.15) is 11.9 Å². The van der Waals surface area contributed by atoms with Crippen molar-refractivity contribution in [1.29, 1.82) is 0 Å². The molecular formula is C24H24FN3O2S. The number of nitrogens with zero attached hydrogens (tertiary/aromatic N) is 1. The monoisotopic (exact) mass is 437 g/mol. The Balaban J connectivity index is 1.65. The van der Waals surface area contributed by atoms with E-state index in [4.69, 9.17) is 0 Å². The second-order valence-electron chi connectivity index (χ2n) is 7.32. The first-order valence-corrected chi connectivity index (χ1v) is 10.9. The summed E-state index contributed by atoms with van der Waals surface area (Å²) in [5.74, 6) is -1.07. The van der Waals surface area contributed by atoms with Crippen molar-refractivity contribution >= 4 is 29.3 Å². The fourth-order valence-corrected chi connectivity index (χ4v) is 3.75. The van der Waals surface area contributed by atoms with Crippen molar-refractivity contribution in [1.82, 2.24) is 10.3 Å². The average Bonchev–Trinajstić information content (AvgIpc) is 2.77. The molecule has 31 heavy (non-hydrogen) atoms. The SMILES string of the molecule is CC(C)C(NC(=O)c1ccccc1F)C(=O)Nc1cccc(CSc2ccccn2)c1. The van der Waals surface area contributed by atoms with E-state index >= 15 is 0 Å². The number of hydrogen-bond acceptors (Lipinski definition) is 4. The zero-order chi connectivity index (χ0) is 22.2. The maximum atomic E-state index is 13.9. The number of amides is 2. The number of rotatable bonds is 8. The third-order valence-electron chi connectivity index (χ3n) is 4.57. The van der Waals surface area contributed by atoms with E-state index in [0.717, 1.165) is 10.6 Å². The molecule has 5 nitrogen and oxygen atoms in total. The molecule has 7 heteroatoms. The molecule has 1 heterocycles. The summed E-state index contributed by atoms with van der Waals surface area (Å²) in [6.45, 7) is 3.65. The van der Waals surface area contributed by atoms with E-state index in [1.807, 2.05) is 50.2 Å². The van der Waals surface area contributed by atoms with Crippen molar-refractivity contribution in [3.8, 4) is 0 Å². The first-order chi connectivity index (χ1) is 14.9. The molecule has 160 valence electrons. The standard InChI is InChI=1S/C24H24FN3O2S/c1-16(2)22(28-23(29)19-10-3-4-11-20(19)25)24(30)27-18-9-7-8-17(14-18)15-31-21-12-5-6-13-26-21/h3-14,16,22H,15H2,1-2H3,(H,27,30)(H,28,29). The number of aromatic nitrogens is 1. The highest BCUT2D eigenvalue weighted by atomic mass is 32.2. The predicted molar refractivity (Wildman–Crippen MR) is 121 cm³/mol. The van der Waals surface area contributed by atoms with Crippen molar-refractivity contribution in [3.05, 3.63) is 89.9 Å². The largest absolute Gasteiger partial charge is 0.340 e. The Morgan fingerprint density at radius 1 is 1.03 bits per heavy atom. The van der Waals surface area contributed by atoms with Crippen molar-refractivity contribution in [2.75, 3.05) is 5.32 Å². The van der Waals surface area contributed by atoms with Gasteiger partial charge in [-0.05, 0) is 47.9 Å². The second-order valence-corrected chi connectivity index (χ2v) is 8.32. The number of nitrogens with one attached hydrogen (secondary N) is 2. The van der Waals surface area contributed by atoms with Crippen LogP contribution in [0.3, 0.4) is 0 Å². The number of carbonyl (C=O) groups excluding carboxylic acids is 2. The molecular weight excluding hydrogens is 413 g/mol. The predicted octanol–water partition coefficient (Wildman–Crippen LogP) is 4.91. The van der Waals surface area contributed by atoms with Crippen LogP contribution in [0.15, 0.2) is 78.0 Å². The summed E-state index contributed by atoms with van der Waals surface area (Å²) < 4.78 is 13.9. The summed E-state index contributed by atoms with van der Waals surface area (Å²) in [6, 6.07) is 18.2. The van der Waals surface area contributed by atoms with Crippen LogP contribution in [0.4, 0.5) is 10.1 Å². The summed E-state index contributed by atoms with van der Waals surface area (Å²) in [6.07, 6.45) is 1.75. The number of halogens is 1. The highest BCUT2D eigenvalue weighted by Gasteiger charge is 2.25. The third-order valence-corrected chi connectivity index (χ3v) is 5.59. The molecule has 2 N–H and O–H groups in total. The van der Waals surface area contributed by atoms with E-state index < -0.39 is 17.8 Å². The Morgan fingerprint density at radius 3 is 2.52 bits per heavy atom. The van der Waals surface area contributed by atoms with Gasteiger partial charge in [-0.1, -0.05) is 44.2 Å². The number of pyridine rings is 1. The van der Waals surface area contributed by atoms with Gasteiger partial charge in [0.2, 0.25) is 5.91 Å². The molecule has 0 radical (unpaired) electrons. The first-order valence-electron chi connectivity index (χ1n) is 9.93. The highest BCUT2D eigenvalue weighted by Crippen LogP contribution is 2.22. The molecule has 1 unspecified atom stereocenters. The van der Waals surface area contributed by atoms with E-state index in [1.165, 1.54) is 18.2 Å². The van der Waals surface area contributed by atoms with E-state index in [0.29, 0.717) is 11.4 Å². The molecule has 0 saturated carbocycles. The Morgan fingerprint density at radius 2 is 1.81 bits per heavy atom. The number of thioether (sulfide) groups is 1. The topological polar surface area (TPSA) is 71.1 Å². The van der Waals surface area contributed by atoms with Crippen molar-refractivity contribution in [3.63, 3.8) is 0 Å². The van der Waals surface area contributed by atoms with Gasteiger partial charge in [-0.3, -0.25) is 9.59 Å². The van der Waals surface area contributed by atoms with Crippen LogP contribution in [0, 0.1) is 11.7 Å². The molecule has 0 saturated heterocycles. The number of benzene rings is 2. The first kappa shape index (κ1) is 22.5. The Hall–Kier alpha value is -3.19. The van der Waals surface area contributed by atoms with Gasteiger partial charge in [0, 0.05) is 17.6 Å². The smallest absolute Gasteiger partial charge is 0.254 e. The lowest BCUT2D eigenvalue weighted by Gasteiger charge is -2.22. The average molecular weight is 438 g/mol. The number of carbonyl (C=O) groups is 2. The molecule has 0 aliphatic rings. The molecule has 2 amide bonds.